The van der Waals surface area contributed by atoms with Gasteiger partial charge < -0.3 is 9.72 Å². The Hall–Kier alpha value is -4.04. The molecule has 8 heteroatoms. The maximum Gasteiger partial charge on any atom is 0.342 e. The summed E-state index contributed by atoms with van der Waals surface area (Å²) < 4.78 is 7.71. The first-order valence-corrected chi connectivity index (χ1v) is 10.8. The maximum absolute atomic E-state index is 13.0. The lowest BCUT2D eigenvalue weighted by Crippen LogP contribution is -2.13. The fraction of sp³-hybridized carbons (Fsp3) is 0.0833. The number of thiophene rings is 1. The Morgan fingerprint density at radius 3 is 2.66 bits per heavy atom. The second-order valence-electron chi connectivity index (χ2n) is 7.26. The molecular weight excluding hydrogens is 424 g/mol. The highest BCUT2D eigenvalue weighted by molar-refractivity contribution is 7.17. The number of H-pyrrole nitrogens is 1. The first-order chi connectivity index (χ1) is 15.6. The average molecular weight is 443 g/mol. The van der Waals surface area contributed by atoms with Crippen molar-refractivity contribution in [2.24, 2.45) is 0 Å². The molecule has 7 nitrogen and oxygen atoms in total. The quantitative estimate of drug-likeness (QED) is 0.405. The zero-order chi connectivity index (χ0) is 22.1. The molecule has 0 bridgehead atoms. The number of aromatic amines is 1. The zero-order valence-corrected chi connectivity index (χ0v) is 17.9. The molecule has 0 spiro atoms. The van der Waals surface area contributed by atoms with Crippen molar-refractivity contribution in [3.63, 3.8) is 0 Å². The number of aromatic nitrogens is 4. The van der Waals surface area contributed by atoms with Crippen LogP contribution in [0.5, 0.6) is 0 Å². The highest BCUT2D eigenvalue weighted by Gasteiger charge is 2.20. The molecule has 3 heterocycles. The number of nitrogens with zero attached hydrogens (tertiary/aromatic N) is 3. The molecule has 3 aromatic heterocycles. The van der Waals surface area contributed by atoms with Crippen molar-refractivity contribution < 1.29 is 9.53 Å². The van der Waals surface area contributed by atoms with Crippen molar-refractivity contribution >= 4 is 27.5 Å². The van der Waals surface area contributed by atoms with Crippen LogP contribution >= 0.6 is 11.3 Å². The highest BCUT2D eigenvalue weighted by Crippen LogP contribution is 2.25. The summed E-state index contributed by atoms with van der Waals surface area (Å²) >= 11 is 1.32. The molecule has 0 aliphatic carbocycles. The van der Waals surface area contributed by atoms with Crippen LogP contribution in [0, 0.1) is 6.92 Å². The molecule has 0 amide bonds. The van der Waals surface area contributed by atoms with Crippen molar-refractivity contribution in [3.05, 3.63) is 99.5 Å². The topological polar surface area (TPSA) is 89.9 Å². The van der Waals surface area contributed by atoms with E-state index in [1.165, 1.54) is 11.3 Å². The van der Waals surface area contributed by atoms with Gasteiger partial charge in [-0.15, -0.1) is 11.3 Å². The second kappa shape index (κ2) is 8.24. The summed E-state index contributed by atoms with van der Waals surface area (Å²) in [4.78, 5) is 32.2. The van der Waals surface area contributed by atoms with Crippen molar-refractivity contribution in [1.29, 1.82) is 0 Å². The fourth-order valence-electron chi connectivity index (χ4n) is 3.36. The summed E-state index contributed by atoms with van der Waals surface area (Å²) in [5.41, 5.74) is 3.94. The molecule has 0 atom stereocenters. The molecule has 0 aliphatic heterocycles. The predicted octanol–water partition coefficient (Wildman–Crippen LogP) is 4.50. The van der Waals surface area contributed by atoms with Crippen LogP contribution in [0.2, 0.25) is 0 Å². The van der Waals surface area contributed by atoms with E-state index in [0.29, 0.717) is 27.3 Å². The summed E-state index contributed by atoms with van der Waals surface area (Å²) in [6.07, 6.45) is 1.66. The molecule has 0 saturated carbocycles. The van der Waals surface area contributed by atoms with E-state index in [-0.39, 0.29) is 12.2 Å². The smallest absolute Gasteiger partial charge is 0.342 e. The number of rotatable bonds is 5. The largest absolute Gasteiger partial charge is 0.454 e. The van der Waals surface area contributed by atoms with Crippen LogP contribution in [0.1, 0.15) is 21.7 Å². The molecule has 0 aliphatic rings. The summed E-state index contributed by atoms with van der Waals surface area (Å²) in [6, 6.07) is 19.1. The minimum Gasteiger partial charge on any atom is -0.454 e. The normalized spacial score (nSPS) is 11.0. The number of ether oxygens (including phenoxy) is 1. The second-order valence-corrected chi connectivity index (χ2v) is 8.18. The third-order valence-electron chi connectivity index (χ3n) is 4.98. The van der Waals surface area contributed by atoms with E-state index in [0.717, 1.165) is 16.8 Å². The Balaban J connectivity index is 1.47. The third-order valence-corrected chi connectivity index (χ3v) is 5.89. The van der Waals surface area contributed by atoms with Gasteiger partial charge >= 0.3 is 5.97 Å². The van der Waals surface area contributed by atoms with Crippen LogP contribution in [-0.4, -0.2) is 25.7 Å². The molecule has 0 radical (unpaired) electrons. The van der Waals surface area contributed by atoms with Gasteiger partial charge in [0.15, 0.2) is 0 Å². The van der Waals surface area contributed by atoms with Crippen LogP contribution in [0.3, 0.4) is 0 Å². The molecule has 0 saturated heterocycles. The molecule has 5 aromatic rings. The fourth-order valence-corrected chi connectivity index (χ4v) is 4.09. The lowest BCUT2D eigenvalue weighted by molar-refractivity contribution is 0.0463. The average Bonchev–Trinajstić information content (AvgIpc) is 3.46. The Kier molecular flexibility index (Phi) is 5.12. The molecular formula is C24H18N4O3S. The zero-order valence-electron chi connectivity index (χ0n) is 17.1. The van der Waals surface area contributed by atoms with Gasteiger partial charge in [-0.2, -0.15) is 5.10 Å². The van der Waals surface area contributed by atoms with Crippen LogP contribution < -0.4 is 5.56 Å². The Morgan fingerprint density at radius 2 is 1.88 bits per heavy atom. The first-order valence-electron chi connectivity index (χ1n) is 9.94. The van der Waals surface area contributed by atoms with Crippen LogP contribution in [0.4, 0.5) is 0 Å². The van der Waals surface area contributed by atoms with Gasteiger partial charge in [0.05, 0.1) is 11.2 Å². The van der Waals surface area contributed by atoms with Gasteiger partial charge in [0.1, 0.15) is 28.4 Å². The third kappa shape index (κ3) is 3.83. The van der Waals surface area contributed by atoms with E-state index in [1.54, 1.807) is 22.3 Å². The van der Waals surface area contributed by atoms with E-state index in [1.807, 2.05) is 61.5 Å². The van der Waals surface area contributed by atoms with E-state index in [9.17, 15) is 9.59 Å². The monoisotopic (exact) mass is 442 g/mol. The molecule has 1 N–H and O–H groups in total. The lowest BCUT2D eigenvalue weighted by Gasteiger charge is -2.05. The van der Waals surface area contributed by atoms with Gasteiger partial charge in [-0.3, -0.25) is 4.79 Å². The number of hydrogen-bond donors (Lipinski definition) is 1. The Labute approximate surface area is 187 Å². The number of aryl methyl sites for hydroxylation is 1. The molecule has 0 unspecified atom stereocenters. The van der Waals surface area contributed by atoms with Crippen molar-refractivity contribution in [1.82, 2.24) is 19.7 Å². The highest BCUT2D eigenvalue weighted by atomic mass is 32.1. The number of hydrogen-bond acceptors (Lipinski definition) is 6. The summed E-state index contributed by atoms with van der Waals surface area (Å²) in [5.74, 6) is -0.252. The number of esters is 1. The summed E-state index contributed by atoms with van der Waals surface area (Å²) in [6.45, 7) is 1.85. The van der Waals surface area contributed by atoms with Gasteiger partial charge in [-0.05, 0) is 30.5 Å². The number of benzene rings is 2. The molecule has 0 fully saturated rings. The predicted molar refractivity (Wildman–Crippen MR) is 123 cm³/mol. The molecule has 5 rings (SSSR count). The maximum atomic E-state index is 13.0. The van der Waals surface area contributed by atoms with Gasteiger partial charge in [0.2, 0.25) is 0 Å². The Morgan fingerprint density at radius 1 is 1.09 bits per heavy atom. The van der Waals surface area contributed by atoms with Crippen molar-refractivity contribution in [2.75, 3.05) is 0 Å². The van der Waals surface area contributed by atoms with Crippen LogP contribution in [0.25, 0.3) is 27.2 Å². The van der Waals surface area contributed by atoms with Crippen LogP contribution in [-0.2, 0) is 11.3 Å². The van der Waals surface area contributed by atoms with Crippen molar-refractivity contribution in [3.8, 4) is 16.9 Å². The van der Waals surface area contributed by atoms with E-state index in [2.05, 4.69) is 15.1 Å². The van der Waals surface area contributed by atoms with E-state index in [4.69, 9.17) is 4.74 Å². The molecule has 32 heavy (non-hydrogen) atoms. The van der Waals surface area contributed by atoms with Gasteiger partial charge in [0.25, 0.3) is 5.56 Å². The summed E-state index contributed by atoms with van der Waals surface area (Å²) in [7, 11) is 0. The van der Waals surface area contributed by atoms with E-state index >= 15 is 0 Å². The number of carbonyl (C=O) groups excluding carboxylic acids is 1. The first kappa shape index (κ1) is 19.9. The minimum absolute atomic E-state index is 0.149. The molecule has 158 valence electrons. The number of fused-ring (bicyclic) bond motifs is 1. The van der Waals surface area contributed by atoms with E-state index < -0.39 is 5.97 Å². The number of para-hydroxylation sites is 1. The molecule has 2 aromatic carbocycles. The standard InChI is InChI=1S/C24H18N4O3S/c1-15-7-9-16(10-8-15)21-18(13-28(27-21)17-5-3-2-4-6-17)24(30)31-14-20-25-19-11-12-32-22(19)23(29)26-20/h2-13H,14H2,1H3,(H,25,26,29). The van der Waals surface area contributed by atoms with Gasteiger partial charge in [0, 0.05) is 11.8 Å². The van der Waals surface area contributed by atoms with Gasteiger partial charge in [-0.25, -0.2) is 14.5 Å². The van der Waals surface area contributed by atoms with Gasteiger partial charge in [-0.1, -0.05) is 48.0 Å². The number of nitrogens with one attached hydrogen (secondary N) is 1. The minimum atomic E-state index is -0.546. The van der Waals surface area contributed by atoms with Crippen molar-refractivity contribution in [2.45, 2.75) is 13.5 Å². The SMILES string of the molecule is Cc1ccc(-c2nn(-c3ccccc3)cc2C(=O)OCc2nc3ccsc3c(=O)[nH]2)cc1. The lowest BCUT2D eigenvalue weighted by atomic mass is 10.1. The Bertz CT molecular complexity index is 1470. The number of carbonyl (C=O) groups is 1. The summed E-state index contributed by atoms with van der Waals surface area (Å²) in [5, 5.41) is 6.45. The van der Waals surface area contributed by atoms with Crippen LogP contribution in [0.15, 0.2) is 77.0 Å².